The van der Waals surface area contributed by atoms with Crippen LogP contribution in [-0.2, 0) is 4.79 Å². The van der Waals surface area contributed by atoms with Crippen LogP contribution in [0, 0.1) is 0 Å². The van der Waals surface area contributed by atoms with Gasteiger partial charge < -0.3 is 10.2 Å². The fourth-order valence-electron chi connectivity index (χ4n) is 2.43. The smallest absolute Gasteiger partial charge is 0.288 e. The lowest BCUT2D eigenvalue weighted by molar-refractivity contribution is -0.131. The minimum atomic E-state index is -0.791. The summed E-state index contributed by atoms with van der Waals surface area (Å²) in [6.45, 7) is 4.42. The Morgan fingerprint density at radius 1 is 1.28 bits per heavy atom. The highest BCUT2D eigenvalue weighted by molar-refractivity contribution is 8.14. The molecule has 1 aromatic carbocycles. The summed E-state index contributed by atoms with van der Waals surface area (Å²) in [5, 5.41) is 3.02. The molecule has 0 bridgehead atoms. The molecule has 0 saturated carbocycles. The SMILES string of the molecule is CN(C)CCN1C(=O)SC(C)(C)C(NC(=O)c2ccc(Cl)cc2)C1=O. The van der Waals surface area contributed by atoms with Crippen LogP contribution in [0.15, 0.2) is 24.3 Å². The van der Waals surface area contributed by atoms with Crippen molar-refractivity contribution in [1.29, 1.82) is 0 Å². The molecule has 1 heterocycles. The molecule has 0 aromatic heterocycles. The number of hydrogen-bond acceptors (Lipinski definition) is 5. The zero-order valence-electron chi connectivity index (χ0n) is 14.7. The lowest BCUT2D eigenvalue weighted by Crippen LogP contribution is -2.62. The van der Waals surface area contributed by atoms with Gasteiger partial charge >= 0.3 is 0 Å². The molecule has 1 unspecified atom stereocenters. The van der Waals surface area contributed by atoms with E-state index in [1.165, 1.54) is 4.90 Å². The summed E-state index contributed by atoms with van der Waals surface area (Å²) in [5.41, 5.74) is 0.412. The Balaban J connectivity index is 2.18. The number of nitrogens with one attached hydrogen (secondary N) is 1. The van der Waals surface area contributed by atoms with E-state index in [0.29, 0.717) is 23.7 Å². The second-order valence-corrected chi connectivity index (χ2v) is 8.72. The Hall–Kier alpha value is -1.57. The summed E-state index contributed by atoms with van der Waals surface area (Å²) >= 11 is 6.90. The van der Waals surface area contributed by atoms with Crippen molar-refractivity contribution in [2.24, 2.45) is 0 Å². The van der Waals surface area contributed by atoms with Gasteiger partial charge in [0.05, 0.1) is 0 Å². The summed E-state index contributed by atoms with van der Waals surface area (Å²) in [6, 6.07) is 5.64. The van der Waals surface area contributed by atoms with Crippen molar-refractivity contribution >= 4 is 40.4 Å². The fraction of sp³-hybridized carbons (Fsp3) is 0.471. The van der Waals surface area contributed by atoms with Crippen LogP contribution < -0.4 is 5.32 Å². The van der Waals surface area contributed by atoms with E-state index in [1.807, 2.05) is 19.0 Å². The molecule has 0 aliphatic carbocycles. The van der Waals surface area contributed by atoms with Gasteiger partial charge in [0.2, 0.25) is 0 Å². The average molecular weight is 384 g/mol. The van der Waals surface area contributed by atoms with Gasteiger partial charge in [-0.25, -0.2) is 0 Å². The molecule has 3 amide bonds. The first-order chi connectivity index (χ1) is 11.6. The quantitative estimate of drug-likeness (QED) is 0.845. The van der Waals surface area contributed by atoms with Gasteiger partial charge in [0.25, 0.3) is 17.1 Å². The van der Waals surface area contributed by atoms with Crippen LogP contribution in [0.3, 0.4) is 0 Å². The molecule has 8 heteroatoms. The van der Waals surface area contributed by atoms with E-state index in [0.717, 1.165) is 11.8 Å². The van der Waals surface area contributed by atoms with Gasteiger partial charge in [-0.3, -0.25) is 19.3 Å². The molecule has 1 aliphatic rings. The highest BCUT2D eigenvalue weighted by Gasteiger charge is 2.48. The first kappa shape index (κ1) is 19.8. The maximum absolute atomic E-state index is 12.8. The molecule has 0 spiro atoms. The largest absolute Gasteiger partial charge is 0.339 e. The standard InChI is InChI=1S/C17H22ClN3O3S/c1-17(2)13(19-14(22)11-5-7-12(18)8-6-11)15(23)21(16(24)25-17)10-9-20(3)4/h5-8,13H,9-10H2,1-4H3,(H,19,22). The van der Waals surface area contributed by atoms with Crippen molar-refractivity contribution in [1.82, 2.24) is 15.1 Å². The number of carbonyl (C=O) groups excluding carboxylic acids is 3. The number of rotatable bonds is 5. The third-order valence-corrected chi connectivity index (χ3v) is 5.34. The van der Waals surface area contributed by atoms with Crippen molar-refractivity contribution in [2.75, 3.05) is 27.2 Å². The molecule has 1 aliphatic heterocycles. The molecule has 6 nitrogen and oxygen atoms in total. The van der Waals surface area contributed by atoms with Crippen LogP contribution in [0.2, 0.25) is 5.02 Å². The van der Waals surface area contributed by atoms with Crippen molar-refractivity contribution < 1.29 is 14.4 Å². The molecule has 1 atom stereocenters. The normalized spacial score (nSPS) is 20.1. The van der Waals surface area contributed by atoms with E-state index in [2.05, 4.69) is 5.32 Å². The van der Waals surface area contributed by atoms with Gasteiger partial charge in [-0.15, -0.1) is 0 Å². The number of amides is 3. The first-order valence-electron chi connectivity index (χ1n) is 7.87. The minimum Gasteiger partial charge on any atom is -0.339 e. The molecular weight excluding hydrogens is 362 g/mol. The molecule has 1 aromatic rings. The molecule has 25 heavy (non-hydrogen) atoms. The van der Waals surface area contributed by atoms with Crippen LogP contribution in [0.25, 0.3) is 0 Å². The lowest BCUT2D eigenvalue weighted by atomic mass is 10.0. The minimum absolute atomic E-state index is 0.283. The van der Waals surface area contributed by atoms with Crippen molar-refractivity contribution in [2.45, 2.75) is 24.6 Å². The second-order valence-electron chi connectivity index (χ2n) is 6.68. The number of halogens is 1. The molecule has 0 radical (unpaired) electrons. The monoisotopic (exact) mass is 383 g/mol. The third-order valence-electron chi connectivity index (χ3n) is 3.93. The fourth-order valence-corrected chi connectivity index (χ4v) is 3.58. The van der Waals surface area contributed by atoms with Crippen molar-refractivity contribution in [3.63, 3.8) is 0 Å². The highest BCUT2D eigenvalue weighted by atomic mass is 35.5. The van der Waals surface area contributed by atoms with Crippen LogP contribution in [0.4, 0.5) is 4.79 Å². The molecule has 1 fully saturated rings. The average Bonchev–Trinajstić information content (AvgIpc) is 2.50. The van der Waals surface area contributed by atoms with E-state index >= 15 is 0 Å². The van der Waals surface area contributed by atoms with E-state index < -0.39 is 10.8 Å². The number of likely N-dealkylation sites (N-methyl/N-ethyl adjacent to an activating group) is 1. The lowest BCUT2D eigenvalue weighted by Gasteiger charge is -2.41. The van der Waals surface area contributed by atoms with E-state index in [9.17, 15) is 14.4 Å². The molecule has 1 saturated heterocycles. The Morgan fingerprint density at radius 2 is 1.88 bits per heavy atom. The molecule has 136 valence electrons. The summed E-state index contributed by atoms with van der Waals surface area (Å²) in [6.07, 6.45) is 0. The number of nitrogens with zero attached hydrogens (tertiary/aromatic N) is 2. The van der Waals surface area contributed by atoms with Gasteiger partial charge in [-0.05, 0) is 52.2 Å². The van der Waals surface area contributed by atoms with E-state index in [1.54, 1.807) is 38.1 Å². The predicted molar refractivity (Wildman–Crippen MR) is 100 cm³/mol. The molecular formula is C17H22ClN3O3S. The highest BCUT2D eigenvalue weighted by Crippen LogP contribution is 2.36. The Morgan fingerprint density at radius 3 is 2.44 bits per heavy atom. The maximum Gasteiger partial charge on any atom is 0.288 e. The Bertz CT molecular complexity index is 676. The summed E-state index contributed by atoms with van der Waals surface area (Å²) in [7, 11) is 3.74. The summed E-state index contributed by atoms with van der Waals surface area (Å²) in [4.78, 5) is 40.7. The summed E-state index contributed by atoms with van der Waals surface area (Å²) in [5.74, 6) is -0.747. The third kappa shape index (κ3) is 4.74. The topological polar surface area (TPSA) is 69.7 Å². The number of benzene rings is 1. The number of imide groups is 1. The van der Waals surface area contributed by atoms with E-state index in [-0.39, 0.29) is 17.1 Å². The summed E-state index contributed by atoms with van der Waals surface area (Å²) < 4.78 is -0.731. The van der Waals surface area contributed by atoms with Gasteiger partial charge in [0.15, 0.2) is 0 Å². The van der Waals surface area contributed by atoms with Crippen LogP contribution in [0.1, 0.15) is 24.2 Å². The molecule has 1 N–H and O–H groups in total. The maximum atomic E-state index is 12.8. The van der Waals surface area contributed by atoms with Crippen LogP contribution in [-0.4, -0.2) is 64.8 Å². The Labute approximate surface area is 156 Å². The van der Waals surface area contributed by atoms with E-state index in [4.69, 9.17) is 11.6 Å². The number of carbonyl (C=O) groups is 3. The molecule has 2 rings (SSSR count). The van der Waals surface area contributed by atoms with Crippen LogP contribution in [0.5, 0.6) is 0 Å². The second kappa shape index (κ2) is 7.76. The Kier molecular flexibility index (Phi) is 6.13. The van der Waals surface area contributed by atoms with Gasteiger partial charge in [0.1, 0.15) is 6.04 Å². The van der Waals surface area contributed by atoms with Gasteiger partial charge in [0, 0.05) is 28.4 Å². The van der Waals surface area contributed by atoms with Crippen LogP contribution >= 0.6 is 23.4 Å². The van der Waals surface area contributed by atoms with Gasteiger partial charge in [-0.1, -0.05) is 23.4 Å². The van der Waals surface area contributed by atoms with Gasteiger partial charge in [-0.2, -0.15) is 0 Å². The number of thioether (sulfide) groups is 1. The zero-order valence-corrected chi connectivity index (χ0v) is 16.3. The first-order valence-corrected chi connectivity index (χ1v) is 9.07. The van der Waals surface area contributed by atoms with Crippen molar-refractivity contribution in [3.8, 4) is 0 Å². The zero-order chi connectivity index (χ0) is 18.8. The number of hydrogen-bond donors (Lipinski definition) is 1. The van der Waals surface area contributed by atoms with Crippen molar-refractivity contribution in [3.05, 3.63) is 34.9 Å². The predicted octanol–water partition coefficient (Wildman–Crippen LogP) is 2.47.